The quantitative estimate of drug-likeness (QED) is 0.917. The van der Waals surface area contributed by atoms with Crippen molar-refractivity contribution in [1.82, 2.24) is 0 Å². The Morgan fingerprint density at radius 1 is 1.10 bits per heavy atom. The molecule has 0 spiro atoms. The van der Waals surface area contributed by atoms with Gasteiger partial charge < -0.3 is 14.7 Å². The molecule has 3 rings (SSSR count). The van der Waals surface area contributed by atoms with Gasteiger partial charge in [0.15, 0.2) is 0 Å². The van der Waals surface area contributed by atoms with E-state index in [1.165, 1.54) is 0 Å². The molecule has 1 N–H and O–H groups in total. The van der Waals surface area contributed by atoms with E-state index in [1.807, 2.05) is 44.4 Å². The number of aliphatic hydroxyl groups excluding tert-OH is 1. The number of anilines is 1. The van der Waals surface area contributed by atoms with Crippen LogP contribution in [0, 0.1) is 0 Å². The van der Waals surface area contributed by atoms with Crippen LogP contribution in [0.5, 0.6) is 5.75 Å². The molecular formula is C18H19NO2. The van der Waals surface area contributed by atoms with Crippen LogP contribution in [0.4, 0.5) is 5.69 Å². The summed E-state index contributed by atoms with van der Waals surface area (Å²) in [5.74, 6) is 0.769. The van der Waals surface area contributed by atoms with Crippen LogP contribution in [-0.4, -0.2) is 25.8 Å². The Bertz CT molecular complexity index is 659. The number of hydrogen-bond acceptors (Lipinski definition) is 3. The molecule has 21 heavy (non-hydrogen) atoms. The largest absolute Gasteiger partial charge is 0.489 e. The number of aliphatic hydroxyl groups is 1. The van der Waals surface area contributed by atoms with Crippen LogP contribution in [0.15, 0.2) is 54.1 Å². The number of hydrogen-bond donors (Lipinski definition) is 1. The van der Waals surface area contributed by atoms with Crippen LogP contribution < -0.4 is 9.64 Å². The maximum Gasteiger partial charge on any atom is 0.125 e. The molecule has 3 heteroatoms. The van der Waals surface area contributed by atoms with Crippen LogP contribution in [-0.2, 0) is 0 Å². The average molecular weight is 281 g/mol. The van der Waals surface area contributed by atoms with E-state index in [-0.39, 0.29) is 0 Å². The molecule has 1 aliphatic heterocycles. The highest BCUT2D eigenvalue weighted by molar-refractivity contribution is 5.60. The summed E-state index contributed by atoms with van der Waals surface area (Å²) < 4.78 is 5.70. The minimum absolute atomic E-state index is 0.424. The molecule has 1 aliphatic rings. The SMILES string of the molecule is CN(C)c1ccc(/C=C2\COc3ccccc3C2O)cc1. The molecule has 0 saturated carbocycles. The molecule has 0 fully saturated rings. The fourth-order valence-corrected chi connectivity index (χ4v) is 2.48. The monoisotopic (exact) mass is 281 g/mol. The number of benzene rings is 2. The summed E-state index contributed by atoms with van der Waals surface area (Å²) in [6, 6.07) is 15.9. The third kappa shape index (κ3) is 2.78. The van der Waals surface area contributed by atoms with E-state index in [4.69, 9.17) is 4.74 Å². The van der Waals surface area contributed by atoms with Gasteiger partial charge in [0.05, 0.1) is 0 Å². The van der Waals surface area contributed by atoms with Crippen molar-refractivity contribution in [1.29, 1.82) is 0 Å². The van der Waals surface area contributed by atoms with Gasteiger partial charge in [0, 0.05) is 30.9 Å². The predicted molar refractivity (Wildman–Crippen MR) is 85.6 cm³/mol. The average Bonchev–Trinajstić information content (AvgIpc) is 2.51. The highest BCUT2D eigenvalue weighted by Gasteiger charge is 2.23. The number of nitrogens with zero attached hydrogens (tertiary/aromatic N) is 1. The van der Waals surface area contributed by atoms with Gasteiger partial charge in [0.1, 0.15) is 18.5 Å². The van der Waals surface area contributed by atoms with E-state index in [0.717, 1.165) is 28.1 Å². The van der Waals surface area contributed by atoms with E-state index in [9.17, 15) is 5.11 Å². The summed E-state index contributed by atoms with van der Waals surface area (Å²) in [5, 5.41) is 10.5. The zero-order chi connectivity index (χ0) is 14.8. The van der Waals surface area contributed by atoms with E-state index in [0.29, 0.717) is 6.61 Å². The molecule has 0 bridgehead atoms. The molecule has 0 amide bonds. The second-order valence-electron chi connectivity index (χ2n) is 5.43. The lowest BCUT2D eigenvalue weighted by Gasteiger charge is -2.25. The van der Waals surface area contributed by atoms with E-state index in [1.54, 1.807) is 0 Å². The van der Waals surface area contributed by atoms with Crippen molar-refractivity contribution in [3.05, 3.63) is 65.2 Å². The zero-order valence-electron chi connectivity index (χ0n) is 12.3. The lowest BCUT2D eigenvalue weighted by Crippen LogP contribution is -2.17. The van der Waals surface area contributed by atoms with Crippen LogP contribution in [0.2, 0.25) is 0 Å². The molecule has 1 unspecified atom stereocenters. The fraction of sp³-hybridized carbons (Fsp3) is 0.222. The summed E-state index contributed by atoms with van der Waals surface area (Å²) in [5.41, 5.74) is 3.94. The van der Waals surface area contributed by atoms with Gasteiger partial charge in [0.25, 0.3) is 0 Å². The van der Waals surface area contributed by atoms with E-state index < -0.39 is 6.10 Å². The first-order chi connectivity index (χ1) is 10.1. The summed E-state index contributed by atoms with van der Waals surface area (Å²) in [6.45, 7) is 0.424. The Labute approximate surface area is 125 Å². The van der Waals surface area contributed by atoms with Crippen molar-refractivity contribution < 1.29 is 9.84 Å². The first-order valence-electron chi connectivity index (χ1n) is 7.03. The fourth-order valence-electron chi connectivity index (χ4n) is 2.48. The number of rotatable bonds is 2. The summed E-state index contributed by atoms with van der Waals surface area (Å²) >= 11 is 0. The molecule has 2 aromatic carbocycles. The minimum atomic E-state index is -0.594. The molecule has 0 aliphatic carbocycles. The maximum atomic E-state index is 10.5. The van der Waals surface area contributed by atoms with Gasteiger partial charge in [-0.2, -0.15) is 0 Å². The summed E-state index contributed by atoms with van der Waals surface area (Å²) in [7, 11) is 4.03. The Balaban J connectivity index is 1.87. The van der Waals surface area contributed by atoms with Crippen LogP contribution >= 0.6 is 0 Å². The van der Waals surface area contributed by atoms with Gasteiger partial charge in [-0.25, -0.2) is 0 Å². The van der Waals surface area contributed by atoms with Crippen LogP contribution in [0.3, 0.4) is 0 Å². The summed E-state index contributed by atoms with van der Waals surface area (Å²) in [4.78, 5) is 2.06. The van der Waals surface area contributed by atoms with Gasteiger partial charge in [-0.15, -0.1) is 0 Å². The van der Waals surface area contributed by atoms with Crippen molar-refractivity contribution in [3.63, 3.8) is 0 Å². The Hall–Kier alpha value is -2.26. The smallest absolute Gasteiger partial charge is 0.125 e. The number of fused-ring (bicyclic) bond motifs is 1. The Morgan fingerprint density at radius 2 is 1.81 bits per heavy atom. The molecular weight excluding hydrogens is 262 g/mol. The second-order valence-corrected chi connectivity index (χ2v) is 5.43. The standard InChI is InChI=1S/C18H19NO2/c1-19(2)15-9-7-13(8-10-15)11-14-12-21-17-6-4-3-5-16(17)18(14)20/h3-11,18,20H,12H2,1-2H3/b14-11+. The van der Waals surface area contributed by atoms with Gasteiger partial charge in [-0.1, -0.05) is 30.3 Å². The van der Waals surface area contributed by atoms with Gasteiger partial charge >= 0.3 is 0 Å². The van der Waals surface area contributed by atoms with Crippen LogP contribution in [0.25, 0.3) is 6.08 Å². The lowest BCUT2D eigenvalue weighted by atomic mass is 9.97. The topological polar surface area (TPSA) is 32.7 Å². The lowest BCUT2D eigenvalue weighted by molar-refractivity contribution is 0.172. The van der Waals surface area contributed by atoms with Gasteiger partial charge in [-0.3, -0.25) is 0 Å². The molecule has 3 nitrogen and oxygen atoms in total. The first kappa shape index (κ1) is 13.7. The Morgan fingerprint density at radius 3 is 2.52 bits per heavy atom. The number of para-hydroxylation sites is 1. The minimum Gasteiger partial charge on any atom is -0.489 e. The normalized spacial score (nSPS) is 19.0. The molecule has 1 heterocycles. The molecule has 0 radical (unpaired) electrons. The van der Waals surface area contributed by atoms with Crippen LogP contribution in [0.1, 0.15) is 17.2 Å². The zero-order valence-corrected chi connectivity index (χ0v) is 12.3. The van der Waals surface area contributed by atoms with E-state index in [2.05, 4.69) is 29.2 Å². The first-order valence-corrected chi connectivity index (χ1v) is 7.03. The highest BCUT2D eigenvalue weighted by atomic mass is 16.5. The third-order valence-electron chi connectivity index (χ3n) is 3.72. The van der Waals surface area contributed by atoms with Crippen molar-refractivity contribution in [2.45, 2.75) is 6.10 Å². The Kier molecular flexibility index (Phi) is 3.67. The van der Waals surface area contributed by atoms with E-state index >= 15 is 0 Å². The molecule has 108 valence electrons. The van der Waals surface area contributed by atoms with Crippen molar-refractivity contribution in [3.8, 4) is 5.75 Å². The molecule has 2 aromatic rings. The van der Waals surface area contributed by atoms with Crippen molar-refractivity contribution in [2.24, 2.45) is 0 Å². The second kappa shape index (κ2) is 5.62. The predicted octanol–water partition coefficient (Wildman–Crippen LogP) is 3.26. The summed E-state index contributed by atoms with van der Waals surface area (Å²) in [6.07, 6.45) is 1.41. The number of ether oxygens (including phenoxy) is 1. The maximum absolute atomic E-state index is 10.5. The van der Waals surface area contributed by atoms with Crippen molar-refractivity contribution >= 4 is 11.8 Å². The highest BCUT2D eigenvalue weighted by Crippen LogP contribution is 2.35. The molecule has 0 saturated heterocycles. The molecule has 1 atom stereocenters. The van der Waals surface area contributed by atoms with Gasteiger partial charge in [-0.05, 0) is 29.8 Å². The third-order valence-corrected chi connectivity index (χ3v) is 3.72. The van der Waals surface area contributed by atoms with Crippen molar-refractivity contribution in [2.75, 3.05) is 25.6 Å². The van der Waals surface area contributed by atoms with Gasteiger partial charge in [0.2, 0.25) is 0 Å². The molecule has 0 aromatic heterocycles.